The first-order valence-corrected chi connectivity index (χ1v) is 9.49. The number of rotatable bonds is 4. The van der Waals surface area contributed by atoms with Crippen molar-refractivity contribution in [1.29, 1.82) is 0 Å². The fourth-order valence-electron chi connectivity index (χ4n) is 3.64. The van der Waals surface area contributed by atoms with Crippen LogP contribution in [-0.2, 0) is 4.74 Å². The Balaban J connectivity index is 1.71. The monoisotopic (exact) mass is 390 g/mol. The molecule has 0 unspecified atom stereocenters. The summed E-state index contributed by atoms with van der Waals surface area (Å²) in [7, 11) is 3.40. The second kappa shape index (κ2) is 6.58. The van der Waals surface area contributed by atoms with Gasteiger partial charge in [-0.1, -0.05) is 0 Å². The summed E-state index contributed by atoms with van der Waals surface area (Å²) in [5, 5.41) is 1.67. The van der Waals surface area contributed by atoms with Gasteiger partial charge in [0.05, 0.1) is 23.9 Å². The molecule has 0 radical (unpaired) electrons. The lowest BCUT2D eigenvalue weighted by Gasteiger charge is -2.21. The van der Waals surface area contributed by atoms with Crippen LogP contribution in [0.15, 0.2) is 52.9 Å². The SMILES string of the molecule is COC(=O)c1ccc2nc(-c3cc4ccc(F)cc4o3)c(N(C)C3CC3)cc2c1. The van der Waals surface area contributed by atoms with E-state index in [1.165, 1.54) is 19.2 Å². The van der Waals surface area contributed by atoms with Crippen molar-refractivity contribution in [2.45, 2.75) is 18.9 Å². The summed E-state index contributed by atoms with van der Waals surface area (Å²) in [6, 6.07) is 14.2. The predicted molar refractivity (Wildman–Crippen MR) is 110 cm³/mol. The highest BCUT2D eigenvalue weighted by Gasteiger charge is 2.29. The van der Waals surface area contributed by atoms with Crippen molar-refractivity contribution in [3.8, 4) is 11.5 Å². The van der Waals surface area contributed by atoms with E-state index < -0.39 is 0 Å². The van der Waals surface area contributed by atoms with E-state index in [1.807, 2.05) is 19.2 Å². The number of esters is 1. The van der Waals surface area contributed by atoms with Gasteiger partial charge in [0.2, 0.25) is 0 Å². The third-order valence-corrected chi connectivity index (χ3v) is 5.41. The van der Waals surface area contributed by atoms with E-state index in [-0.39, 0.29) is 11.8 Å². The number of nitrogens with zero attached hydrogens (tertiary/aromatic N) is 2. The molecular weight excluding hydrogens is 371 g/mol. The molecule has 1 aliphatic carbocycles. The predicted octanol–water partition coefficient (Wildman–Crippen LogP) is 5.17. The molecule has 2 heterocycles. The quantitative estimate of drug-likeness (QED) is 0.450. The molecule has 0 saturated heterocycles. The van der Waals surface area contributed by atoms with E-state index >= 15 is 0 Å². The van der Waals surface area contributed by atoms with Crippen LogP contribution in [-0.4, -0.2) is 31.2 Å². The summed E-state index contributed by atoms with van der Waals surface area (Å²) in [5.41, 5.74) is 3.33. The van der Waals surface area contributed by atoms with E-state index in [1.54, 1.807) is 24.3 Å². The van der Waals surface area contributed by atoms with Gasteiger partial charge in [-0.3, -0.25) is 0 Å². The first kappa shape index (κ1) is 17.7. The largest absolute Gasteiger partial charge is 0.465 e. The lowest BCUT2D eigenvalue weighted by Crippen LogP contribution is -2.20. The molecule has 29 heavy (non-hydrogen) atoms. The Morgan fingerprint density at radius 3 is 2.72 bits per heavy atom. The number of furan rings is 1. The standard InChI is InChI=1S/C23H19FN2O3/c1-26(17-6-7-17)19-10-15-9-14(23(27)28-2)4-8-18(15)25-22(19)21-11-13-3-5-16(24)12-20(13)29-21/h3-5,8-12,17H,6-7H2,1-2H3. The number of hydrogen-bond donors (Lipinski definition) is 0. The Morgan fingerprint density at radius 1 is 1.14 bits per heavy atom. The van der Waals surface area contributed by atoms with E-state index in [0.29, 0.717) is 28.6 Å². The molecule has 1 saturated carbocycles. The number of ether oxygens (including phenoxy) is 1. The normalized spacial score (nSPS) is 13.8. The minimum Gasteiger partial charge on any atom is -0.465 e. The Hall–Kier alpha value is -3.41. The lowest BCUT2D eigenvalue weighted by atomic mass is 10.1. The zero-order valence-electron chi connectivity index (χ0n) is 16.1. The summed E-state index contributed by atoms with van der Waals surface area (Å²) in [5.74, 6) is -0.130. The minimum absolute atomic E-state index is 0.337. The molecule has 2 aromatic carbocycles. The summed E-state index contributed by atoms with van der Waals surface area (Å²) in [6.45, 7) is 0. The van der Waals surface area contributed by atoms with Crippen molar-refractivity contribution in [1.82, 2.24) is 4.98 Å². The van der Waals surface area contributed by atoms with Crippen molar-refractivity contribution in [2.75, 3.05) is 19.1 Å². The molecule has 0 atom stereocenters. The molecule has 1 aliphatic rings. The highest BCUT2D eigenvalue weighted by molar-refractivity contribution is 5.97. The Morgan fingerprint density at radius 2 is 1.97 bits per heavy atom. The molecule has 5 rings (SSSR count). The molecule has 1 fully saturated rings. The number of pyridine rings is 1. The number of methoxy groups -OCH3 is 1. The van der Waals surface area contributed by atoms with Crippen LogP contribution >= 0.6 is 0 Å². The topological polar surface area (TPSA) is 55.6 Å². The van der Waals surface area contributed by atoms with Gasteiger partial charge in [-0.25, -0.2) is 14.2 Å². The van der Waals surface area contributed by atoms with Gasteiger partial charge in [0.25, 0.3) is 0 Å². The van der Waals surface area contributed by atoms with Crippen LogP contribution in [0.4, 0.5) is 10.1 Å². The summed E-state index contributed by atoms with van der Waals surface area (Å²) in [4.78, 5) is 18.9. The maximum atomic E-state index is 13.6. The lowest BCUT2D eigenvalue weighted by molar-refractivity contribution is 0.0601. The van der Waals surface area contributed by atoms with E-state index in [0.717, 1.165) is 34.8 Å². The molecule has 2 aromatic heterocycles. The average molecular weight is 390 g/mol. The van der Waals surface area contributed by atoms with E-state index in [4.69, 9.17) is 14.1 Å². The fourth-order valence-corrected chi connectivity index (χ4v) is 3.64. The second-order valence-electron chi connectivity index (χ2n) is 7.39. The molecular formula is C23H19FN2O3. The van der Waals surface area contributed by atoms with Crippen molar-refractivity contribution < 1.29 is 18.3 Å². The molecule has 6 heteroatoms. The number of anilines is 1. The van der Waals surface area contributed by atoms with Crippen molar-refractivity contribution in [3.05, 3.63) is 59.9 Å². The fraction of sp³-hybridized carbons (Fsp3) is 0.217. The highest BCUT2D eigenvalue weighted by Crippen LogP contribution is 2.39. The first-order valence-electron chi connectivity index (χ1n) is 9.49. The minimum atomic E-state index is -0.382. The Kier molecular flexibility index (Phi) is 4.01. The third kappa shape index (κ3) is 3.10. The second-order valence-corrected chi connectivity index (χ2v) is 7.39. The van der Waals surface area contributed by atoms with Gasteiger partial charge in [-0.15, -0.1) is 0 Å². The zero-order valence-corrected chi connectivity index (χ0v) is 16.1. The number of carbonyl (C=O) groups excluding carboxylic acids is 1. The van der Waals surface area contributed by atoms with Crippen LogP contribution in [0.1, 0.15) is 23.2 Å². The van der Waals surface area contributed by atoms with Crippen LogP contribution in [0, 0.1) is 5.82 Å². The Bertz CT molecular complexity index is 1260. The summed E-state index contributed by atoms with van der Waals surface area (Å²) >= 11 is 0. The van der Waals surface area contributed by atoms with Gasteiger partial charge in [0.1, 0.15) is 17.1 Å². The molecule has 5 nitrogen and oxygen atoms in total. The van der Waals surface area contributed by atoms with Crippen LogP contribution in [0.5, 0.6) is 0 Å². The molecule has 146 valence electrons. The average Bonchev–Trinajstić information content (AvgIpc) is 3.50. The number of carbonyl (C=O) groups is 1. The number of hydrogen-bond acceptors (Lipinski definition) is 5. The van der Waals surface area contributed by atoms with Crippen molar-refractivity contribution in [3.63, 3.8) is 0 Å². The van der Waals surface area contributed by atoms with Gasteiger partial charge in [0.15, 0.2) is 5.76 Å². The van der Waals surface area contributed by atoms with Crippen LogP contribution in [0.3, 0.4) is 0 Å². The number of aromatic nitrogens is 1. The maximum Gasteiger partial charge on any atom is 0.337 e. The number of benzene rings is 2. The molecule has 0 spiro atoms. The van der Waals surface area contributed by atoms with Crippen LogP contribution in [0.25, 0.3) is 33.3 Å². The molecule has 0 amide bonds. The Labute approximate surface area is 166 Å². The molecule has 4 aromatic rings. The van der Waals surface area contributed by atoms with Gasteiger partial charge in [0, 0.05) is 29.9 Å². The third-order valence-electron chi connectivity index (χ3n) is 5.41. The van der Waals surface area contributed by atoms with E-state index in [9.17, 15) is 9.18 Å². The number of halogens is 1. The van der Waals surface area contributed by atoms with Gasteiger partial charge in [-0.05, 0) is 55.3 Å². The molecule has 0 N–H and O–H groups in total. The zero-order chi connectivity index (χ0) is 20.1. The van der Waals surface area contributed by atoms with Crippen molar-refractivity contribution >= 4 is 33.5 Å². The van der Waals surface area contributed by atoms with Gasteiger partial charge >= 0.3 is 5.97 Å². The van der Waals surface area contributed by atoms with Gasteiger partial charge in [-0.2, -0.15) is 0 Å². The number of fused-ring (bicyclic) bond motifs is 2. The van der Waals surface area contributed by atoms with Gasteiger partial charge < -0.3 is 14.1 Å². The summed E-state index contributed by atoms with van der Waals surface area (Å²) < 4.78 is 24.4. The molecule has 0 aliphatic heterocycles. The van der Waals surface area contributed by atoms with Crippen LogP contribution in [0.2, 0.25) is 0 Å². The van der Waals surface area contributed by atoms with Crippen molar-refractivity contribution in [2.24, 2.45) is 0 Å². The summed E-state index contributed by atoms with van der Waals surface area (Å²) in [6.07, 6.45) is 2.25. The highest BCUT2D eigenvalue weighted by atomic mass is 19.1. The molecule has 0 bridgehead atoms. The smallest absolute Gasteiger partial charge is 0.337 e. The van der Waals surface area contributed by atoms with E-state index in [2.05, 4.69) is 4.90 Å². The first-order chi connectivity index (χ1) is 14.0. The maximum absolute atomic E-state index is 13.6. The van der Waals surface area contributed by atoms with Crippen LogP contribution < -0.4 is 4.90 Å².